The predicted octanol–water partition coefficient (Wildman–Crippen LogP) is 3.89. The van der Waals surface area contributed by atoms with Crippen molar-refractivity contribution >= 4 is 24.5 Å². The van der Waals surface area contributed by atoms with Crippen molar-refractivity contribution < 1.29 is 9.53 Å². The molecule has 0 saturated carbocycles. The van der Waals surface area contributed by atoms with E-state index in [1.165, 1.54) is 10.4 Å². The fraction of sp³-hybridized carbons (Fsp3) is 0.318. The number of hydrogen-bond donors (Lipinski definition) is 1. The smallest absolute Gasteiger partial charge is 0.407 e. The quantitative estimate of drug-likeness (QED) is 0.621. The van der Waals surface area contributed by atoms with Gasteiger partial charge in [0.25, 0.3) is 0 Å². The van der Waals surface area contributed by atoms with Crippen LogP contribution in [0.25, 0.3) is 0 Å². The van der Waals surface area contributed by atoms with E-state index < -0.39 is 13.7 Å². The molecule has 2 rings (SSSR count). The van der Waals surface area contributed by atoms with E-state index in [0.717, 1.165) is 0 Å². The second kappa shape index (κ2) is 8.36. The van der Waals surface area contributed by atoms with Crippen molar-refractivity contribution in [3.8, 4) is 0 Å². The van der Waals surface area contributed by atoms with Crippen LogP contribution in [0, 0.1) is 0 Å². The lowest BCUT2D eigenvalue weighted by atomic mass is 10.2. The lowest BCUT2D eigenvalue weighted by molar-refractivity contribution is 0.0519. The summed E-state index contributed by atoms with van der Waals surface area (Å²) < 4.78 is 5.52. The Morgan fingerprint density at radius 3 is 1.92 bits per heavy atom. The highest BCUT2D eigenvalue weighted by atomic mass is 28.3. The largest absolute Gasteiger partial charge is 0.444 e. The van der Waals surface area contributed by atoms with Crippen LogP contribution in [0.1, 0.15) is 27.2 Å². The Labute approximate surface area is 158 Å². The van der Waals surface area contributed by atoms with Gasteiger partial charge in [-0.1, -0.05) is 83.7 Å². The lowest BCUT2D eigenvalue weighted by Gasteiger charge is -2.37. The molecule has 1 unspecified atom stereocenters. The van der Waals surface area contributed by atoms with Gasteiger partial charge in [-0.3, -0.25) is 0 Å². The number of carbonyl (C=O) groups excluding carboxylic acids is 1. The number of rotatable bonds is 6. The SMILES string of the molecule is C=CCC(NC(=O)OC(C)(C)C)[Si](C)(c1ccccc1)c1ccccc1. The van der Waals surface area contributed by atoms with Gasteiger partial charge in [-0.15, -0.1) is 6.58 Å². The van der Waals surface area contributed by atoms with Crippen LogP contribution in [0.2, 0.25) is 6.55 Å². The number of nitrogens with one attached hydrogen (secondary N) is 1. The Morgan fingerprint density at radius 1 is 1.08 bits per heavy atom. The molecular weight excluding hydrogens is 338 g/mol. The molecular formula is C22H29NO2Si. The molecule has 2 aromatic carbocycles. The highest BCUT2D eigenvalue weighted by molar-refractivity contribution is 7.02. The van der Waals surface area contributed by atoms with Crippen LogP contribution in [-0.2, 0) is 4.74 Å². The van der Waals surface area contributed by atoms with E-state index in [4.69, 9.17) is 4.74 Å². The lowest BCUT2D eigenvalue weighted by Crippen LogP contribution is -2.69. The van der Waals surface area contributed by atoms with Gasteiger partial charge >= 0.3 is 6.09 Å². The molecule has 0 bridgehead atoms. The summed E-state index contributed by atoms with van der Waals surface area (Å²) in [4.78, 5) is 12.5. The summed E-state index contributed by atoms with van der Waals surface area (Å²) in [6.45, 7) is 11.8. The van der Waals surface area contributed by atoms with Gasteiger partial charge in [0, 0.05) is 5.67 Å². The number of alkyl carbamates (subject to hydrolysis) is 1. The average molecular weight is 368 g/mol. The van der Waals surface area contributed by atoms with Gasteiger partial charge in [0.2, 0.25) is 0 Å². The summed E-state index contributed by atoms with van der Waals surface area (Å²) in [5.41, 5.74) is -0.583. The standard InChI is InChI=1S/C22H29NO2Si/c1-6-13-20(23-21(24)25-22(2,3)4)26(5,18-14-9-7-10-15-18)19-16-11-8-12-17-19/h6-12,14-17,20H,1,13H2,2-5H3,(H,23,24). The number of amides is 1. The van der Waals surface area contributed by atoms with E-state index in [2.05, 4.69) is 67.0 Å². The molecule has 0 radical (unpaired) electrons. The number of hydrogen-bond acceptors (Lipinski definition) is 2. The molecule has 0 aromatic heterocycles. The van der Waals surface area contributed by atoms with Gasteiger partial charge in [-0.2, -0.15) is 0 Å². The molecule has 3 nitrogen and oxygen atoms in total. The average Bonchev–Trinajstić information content (AvgIpc) is 2.60. The first-order chi connectivity index (χ1) is 12.3. The van der Waals surface area contributed by atoms with E-state index in [-0.39, 0.29) is 11.8 Å². The fourth-order valence-electron chi connectivity index (χ4n) is 3.19. The Kier molecular flexibility index (Phi) is 6.43. The van der Waals surface area contributed by atoms with E-state index >= 15 is 0 Å². The first-order valence-corrected chi connectivity index (χ1v) is 11.6. The Bertz CT molecular complexity index is 683. The third-order valence-corrected chi connectivity index (χ3v) is 9.38. The van der Waals surface area contributed by atoms with Crippen LogP contribution in [0.5, 0.6) is 0 Å². The summed E-state index contributed by atoms with van der Waals surface area (Å²) in [5.74, 6) is 0. The molecule has 1 amide bonds. The minimum atomic E-state index is -2.27. The van der Waals surface area contributed by atoms with E-state index in [9.17, 15) is 4.79 Å². The maximum atomic E-state index is 12.5. The normalized spacial score (nSPS) is 12.9. The Morgan fingerprint density at radius 2 is 1.54 bits per heavy atom. The first kappa shape index (κ1) is 20.0. The van der Waals surface area contributed by atoms with E-state index in [1.54, 1.807) is 0 Å². The van der Waals surface area contributed by atoms with Crippen LogP contribution in [0.3, 0.4) is 0 Å². The van der Waals surface area contributed by atoms with Crippen molar-refractivity contribution in [1.29, 1.82) is 0 Å². The molecule has 0 aliphatic carbocycles. The minimum Gasteiger partial charge on any atom is -0.444 e. The van der Waals surface area contributed by atoms with Crippen LogP contribution in [0.4, 0.5) is 4.79 Å². The number of benzene rings is 2. The molecule has 138 valence electrons. The molecule has 4 heteroatoms. The highest BCUT2D eigenvalue weighted by Crippen LogP contribution is 2.16. The molecule has 1 atom stereocenters. The monoisotopic (exact) mass is 367 g/mol. The highest BCUT2D eigenvalue weighted by Gasteiger charge is 2.41. The summed E-state index contributed by atoms with van der Waals surface area (Å²) in [5, 5.41) is 5.69. The second-order valence-electron chi connectivity index (χ2n) is 7.66. The van der Waals surface area contributed by atoms with Gasteiger partial charge in [-0.25, -0.2) is 4.79 Å². The molecule has 0 aliphatic rings. The van der Waals surface area contributed by atoms with Crippen LogP contribution in [-0.4, -0.2) is 25.4 Å². The maximum Gasteiger partial charge on any atom is 0.407 e. The maximum absolute atomic E-state index is 12.5. The number of carbonyl (C=O) groups is 1. The van der Waals surface area contributed by atoms with Gasteiger partial charge in [0.1, 0.15) is 13.7 Å². The van der Waals surface area contributed by atoms with Crippen molar-refractivity contribution in [1.82, 2.24) is 5.32 Å². The second-order valence-corrected chi connectivity index (χ2v) is 11.9. The third kappa shape index (κ3) is 4.85. The number of ether oxygens (including phenoxy) is 1. The summed E-state index contributed by atoms with van der Waals surface area (Å²) in [7, 11) is -2.27. The summed E-state index contributed by atoms with van der Waals surface area (Å²) >= 11 is 0. The van der Waals surface area contributed by atoms with Crippen molar-refractivity contribution in [2.45, 2.75) is 45.0 Å². The van der Waals surface area contributed by atoms with Crippen LogP contribution < -0.4 is 15.7 Å². The predicted molar refractivity (Wildman–Crippen MR) is 112 cm³/mol. The van der Waals surface area contributed by atoms with Crippen molar-refractivity contribution in [3.63, 3.8) is 0 Å². The minimum absolute atomic E-state index is 0.0559. The Hall–Kier alpha value is -2.33. The van der Waals surface area contributed by atoms with E-state index in [0.29, 0.717) is 6.42 Å². The van der Waals surface area contributed by atoms with Gasteiger partial charge in [-0.05, 0) is 27.2 Å². The van der Waals surface area contributed by atoms with Gasteiger partial charge in [0.15, 0.2) is 0 Å². The topological polar surface area (TPSA) is 38.3 Å². The molecule has 1 N–H and O–H groups in total. The molecule has 0 saturated heterocycles. The zero-order chi connectivity index (χ0) is 19.2. The molecule has 0 spiro atoms. The summed E-state index contributed by atoms with van der Waals surface area (Å²) in [6.07, 6.45) is 2.18. The molecule has 0 aliphatic heterocycles. The molecule has 26 heavy (non-hydrogen) atoms. The van der Waals surface area contributed by atoms with Crippen LogP contribution in [0.15, 0.2) is 73.3 Å². The van der Waals surface area contributed by atoms with E-state index in [1.807, 2.05) is 39.0 Å². The van der Waals surface area contributed by atoms with Gasteiger partial charge in [0.05, 0.1) is 0 Å². The fourth-order valence-corrected chi connectivity index (χ4v) is 7.15. The molecule has 0 fully saturated rings. The first-order valence-electron chi connectivity index (χ1n) is 8.99. The van der Waals surface area contributed by atoms with Crippen molar-refractivity contribution in [3.05, 3.63) is 73.3 Å². The van der Waals surface area contributed by atoms with Gasteiger partial charge < -0.3 is 10.1 Å². The van der Waals surface area contributed by atoms with Crippen molar-refractivity contribution in [2.24, 2.45) is 0 Å². The van der Waals surface area contributed by atoms with Crippen LogP contribution >= 0.6 is 0 Å². The molecule has 0 heterocycles. The zero-order valence-corrected chi connectivity index (χ0v) is 17.2. The van der Waals surface area contributed by atoms with Crippen molar-refractivity contribution in [2.75, 3.05) is 0 Å². The summed E-state index contributed by atoms with van der Waals surface area (Å²) in [6, 6.07) is 20.9. The third-order valence-electron chi connectivity index (χ3n) is 4.54. The Balaban J connectivity index is 2.47. The molecule has 2 aromatic rings. The zero-order valence-electron chi connectivity index (χ0n) is 16.2.